The highest BCUT2D eigenvalue weighted by molar-refractivity contribution is 7.76. The van der Waals surface area contributed by atoms with Gasteiger partial charge >= 0.3 is 0 Å². The molecule has 0 aromatic heterocycles. The molecule has 0 spiro atoms. The van der Waals surface area contributed by atoms with Gasteiger partial charge in [0.2, 0.25) is 0 Å². The van der Waals surface area contributed by atoms with Gasteiger partial charge in [-0.3, -0.25) is 4.57 Å². The molecular weight excluding hydrogens is 274 g/mol. The van der Waals surface area contributed by atoms with Gasteiger partial charge < -0.3 is 4.52 Å². The second kappa shape index (κ2) is 6.17. The summed E-state index contributed by atoms with van der Waals surface area (Å²) in [6.45, 7) is 6.01. The van der Waals surface area contributed by atoms with Crippen LogP contribution in [-0.2, 0) is 9.09 Å². The zero-order valence-electron chi connectivity index (χ0n) is 11.3. The monoisotopic (exact) mass is 290 g/mol. The van der Waals surface area contributed by atoms with Gasteiger partial charge in [0.1, 0.15) is 5.82 Å². The molecule has 0 aliphatic heterocycles. The van der Waals surface area contributed by atoms with Gasteiger partial charge in [0.25, 0.3) is 7.37 Å². The van der Waals surface area contributed by atoms with E-state index in [0.29, 0.717) is 22.8 Å². The second-order valence-corrected chi connectivity index (χ2v) is 6.68. The van der Waals surface area contributed by atoms with Crippen LogP contribution >= 0.6 is 7.37 Å². The van der Waals surface area contributed by atoms with E-state index in [1.165, 1.54) is 12.1 Å². The minimum atomic E-state index is -3.22. The Hall–Kier alpha value is -1.70. The number of hydrogen-bond donors (Lipinski definition) is 0. The normalized spacial score (nSPS) is 13.7. The fourth-order valence-electron chi connectivity index (χ4n) is 1.93. The van der Waals surface area contributed by atoms with Crippen molar-refractivity contribution in [3.63, 3.8) is 0 Å². The zero-order chi connectivity index (χ0) is 14.6. The SMILES string of the molecule is C=C(c1ccc(F)cc1)P(=O)(OCC)c1ccccc1. The molecule has 2 aromatic rings. The maximum atomic E-state index is 13.2. The van der Waals surface area contributed by atoms with Crippen molar-refractivity contribution >= 4 is 18.0 Å². The van der Waals surface area contributed by atoms with Crippen molar-refractivity contribution in [1.82, 2.24) is 0 Å². The first kappa shape index (κ1) is 14.7. The molecule has 104 valence electrons. The molecule has 0 saturated carbocycles. The predicted molar refractivity (Wildman–Crippen MR) is 80.7 cm³/mol. The van der Waals surface area contributed by atoms with Crippen LogP contribution in [0.3, 0.4) is 0 Å². The Balaban J connectivity index is 2.45. The van der Waals surface area contributed by atoms with Crippen molar-refractivity contribution in [2.24, 2.45) is 0 Å². The lowest BCUT2D eigenvalue weighted by atomic mass is 10.2. The quantitative estimate of drug-likeness (QED) is 0.761. The summed E-state index contributed by atoms with van der Waals surface area (Å²) in [5, 5.41) is 0.974. The number of hydrogen-bond acceptors (Lipinski definition) is 2. The van der Waals surface area contributed by atoms with Crippen LogP contribution in [-0.4, -0.2) is 6.61 Å². The van der Waals surface area contributed by atoms with E-state index in [4.69, 9.17) is 4.52 Å². The Bertz CT molecular complexity index is 635. The number of halogens is 1. The molecule has 0 fully saturated rings. The molecular formula is C16H16FO2P. The first-order chi connectivity index (χ1) is 9.58. The lowest BCUT2D eigenvalue weighted by Gasteiger charge is -2.20. The smallest absolute Gasteiger partial charge is 0.261 e. The third kappa shape index (κ3) is 2.90. The summed E-state index contributed by atoms with van der Waals surface area (Å²) < 4.78 is 31.7. The highest BCUT2D eigenvalue weighted by Gasteiger charge is 2.30. The molecule has 0 bridgehead atoms. The van der Waals surface area contributed by atoms with Crippen molar-refractivity contribution in [1.29, 1.82) is 0 Å². The summed E-state index contributed by atoms with van der Waals surface area (Å²) in [6, 6.07) is 14.7. The van der Waals surface area contributed by atoms with Crippen molar-refractivity contribution < 1.29 is 13.5 Å². The summed E-state index contributed by atoms with van der Waals surface area (Å²) >= 11 is 0. The van der Waals surface area contributed by atoms with Gasteiger partial charge in [0.15, 0.2) is 0 Å². The van der Waals surface area contributed by atoms with Crippen LogP contribution in [0.1, 0.15) is 12.5 Å². The first-order valence-electron chi connectivity index (χ1n) is 6.33. The first-order valence-corrected chi connectivity index (χ1v) is 7.96. The predicted octanol–water partition coefficient (Wildman–Crippen LogP) is 4.44. The van der Waals surface area contributed by atoms with Crippen LogP contribution in [0.15, 0.2) is 61.2 Å². The third-order valence-corrected chi connectivity index (χ3v) is 5.51. The lowest BCUT2D eigenvalue weighted by molar-refractivity contribution is 0.348. The molecule has 4 heteroatoms. The highest BCUT2D eigenvalue weighted by atomic mass is 31.2. The average Bonchev–Trinajstić information content (AvgIpc) is 2.48. The van der Waals surface area contributed by atoms with Gasteiger partial charge in [0, 0.05) is 10.6 Å². The molecule has 0 amide bonds. The van der Waals surface area contributed by atoms with Crippen LogP contribution in [0.2, 0.25) is 0 Å². The van der Waals surface area contributed by atoms with Crippen LogP contribution in [0.5, 0.6) is 0 Å². The molecule has 0 aliphatic rings. The summed E-state index contributed by atoms with van der Waals surface area (Å²) in [7, 11) is -3.22. The van der Waals surface area contributed by atoms with E-state index in [0.717, 1.165) is 0 Å². The molecule has 20 heavy (non-hydrogen) atoms. The van der Waals surface area contributed by atoms with Gasteiger partial charge in [-0.15, -0.1) is 0 Å². The maximum Gasteiger partial charge on any atom is 0.261 e. The van der Waals surface area contributed by atoms with Gasteiger partial charge in [-0.05, 0) is 36.8 Å². The topological polar surface area (TPSA) is 26.3 Å². The molecule has 1 unspecified atom stereocenters. The third-order valence-electron chi connectivity index (χ3n) is 2.94. The zero-order valence-corrected chi connectivity index (χ0v) is 12.1. The largest absolute Gasteiger partial charge is 0.322 e. The Morgan fingerprint density at radius 3 is 2.30 bits per heavy atom. The Labute approximate surface area is 118 Å². The second-order valence-electron chi connectivity index (χ2n) is 4.26. The Kier molecular flexibility index (Phi) is 4.53. The standard InChI is InChI=1S/C16H16FO2P/c1-3-19-20(18,16-7-5-4-6-8-16)13(2)14-9-11-15(17)12-10-14/h4-12H,2-3H2,1H3. The highest BCUT2D eigenvalue weighted by Crippen LogP contribution is 2.57. The fourth-order valence-corrected chi connectivity index (χ4v) is 3.96. The minimum absolute atomic E-state index is 0.312. The molecule has 0 saturated heterocycles. The van der Waals surface area contributed by atoms with Crippen molar-refractivity contribution in [3.8, 4) is 0 Å². The lowest BCUT2D eigenvalue weighted by Crippen LogP contribution is -2.08. The van der Waals surface area contributed by atoms with E-state index in [2.05, 4.69) is 6.58 Å². The summed E-state index contributed by atoms with van der Waals surface area (Å²) in [5.41, 5.74) is 0.618. The molecule has 0 heterocycles. The molecule has 2 nitrogen and oxygen atoms in total. The molecule has 2 rings (SSSR count). The minimum Gasteiger partial charge on any atom is -0.322 e. The van der Waals surface area contributed by atoms with Crippen LogP contribution in [0.4, 0.5) is 4.39 Å². The Morgan fingerprint density at radius 1 is 1.15 bits per heavy atom. The van der Waals surface area contributed by atoms with Gasteiger partial charge in [-0.2, -0.15) is 0 Å². The van der Waals surface area contributed by atoms with Crippen LogP contribution in [0, 0.1) is 5.82 Å². The molecule has 2 aromatic carbocycles. The average molecular weight is 290 g/mol. The van der Waals surface area contributed by atoms with Crippen molar-refractivity contribution in [2.75, 3.05) is 6.61 Å². The number of rotatable bonds is 5. The summed E-state index contributed by atoms with van der Waals surface area (Å²) in [6.07, 6.45) is 0. The molecule has 0 N–H and O–H groups in total. The van der Waals surface area contributed by atoms with Crippen molar-refractivity contribution in [3.05, 3.63) is 72.6 Å². The van der Waals surface area contributed by atoms with Crippen molar-refractivity contribution in [2.45, 2.75) is 6.92 Å². The molecule has 1 atom stereocenters. The fraction of sp³-hybridized carbons (Fsp3) is 0.125. The van der Waals surface area contributed by atoms with E-state index < -0.39 is 7.37 Å². The van der Waals surface area contributed by atoms with Crippen LogP contribution < -0.4 is 5.30 Å². The van der Waals surface area contributed by atoms with Gasteiger partial charge in [-0.1, -0.05) is 36.9 Å². The summed E-state index contributed by atoms with van der Waals surface area (Å²) in [4.78, 5) is 0. The van der Waals surface area contributed by atoms with Crippen LogP contribution in [0.25, 0.3) is 5.31 Å². The maximum absolute atomic E-state index is 13.2. The molecule has 0 aliphatic carbocycles. The number of benzene rings is 2. The van der Waals surface area contributed by atoms with Gasteiger partial charge in [0.05, 0.1) is 6.61 Å². The Morgan fingerprint density at radius 2 is 1.75 bits per heavy atom. The van der Waals surface area contributed by atoms with E-state index in [-0.39, 0.29) is 5.82 Å². The van der Waals surface area contributed by atoms with Gasteiger partial charge in [-0.25, -0.2) is 4.39 Å². The van der Waals surface area contributed by atoms with E-state index in [1.54, 1.807) is 43.3 Å². The van der Waals surface area contributed by atoms with E-state index >= 15 is 0 Å². The molecule has 0 radical (unpaired) electrons. The summed E-state index contributed by atoms with van der Waals surface area (Å²) in [5.74, 6) is -0.340. The van der Waals surface area contributed by atoms with E-state index in [9.17, 15) is 8.96 Å². The van der Waals surface area contributed by atoms with E-state index in [1.807, 2.05) is 6.07 Å².